The van der Waals surface area contributed by atoms with Crippen molar-refractivity contribution < 1.29 is 48.8 Å². The molecule has 3 aliphatic heterocycles. The first-order chi connectivity index (χ1) is 21.7. The zero-order valence-electron chi connectivity index (χ0n) is 29.6. The van der Waals surface area contributed by atoms with Gasteiger partial charge in [-0.2, -0.15) is 0 Å². The molecule has 3 fully saturated rings. The minimum Gasteiger partial charge on any atom is -0.459 e. The SMILES string of the molecule is C=C1CO[C@H]2[C@@H](C)/C(=N/[N+](=O)[O-])[C@H](C)C[C@@](C)(OC1)[C@H](O[C@@H]1O[C@H](C)C[C@H](N(C)C)[C@H]1O)[C@@H](C)[C@H](O)[C@@H](C)C(=O)O[C@H](CC)[C@@]2(C)O. The molecule has 3 aliphatic rings. The summed E-state index contributed by atoms with van der Waals surface area (Å²) >= 11 is 0. The van der Waals surface area contributed by atoms with Gasteiger partial charge in [-0.3, -0.25) is 4.79 Å². The molecule has 14 nitrogen and oxygen atoms in total. The van der Waals surface area contributed by atoms with Gasteiger partial charge in [0.1, 0.15) is 17.8 Å². The smallest absolute Gasteiger partial charge is 0.311 e. The van der Waals surface area contributed by atoms with E-state index in [1.165, 1.54) is 6.92 Å². The molecule has 0 radical (unpaired) electrons. The van der Waals surface area contributed by atoms with Gasteiger partial charge in [0.25, 0.3) is 0 Å². The Labute approximate surface area is 278 Å². The van der Waals surface area contributed by atoms with Crippen LogP contribution in [0, 0.1) is 33.8 Å². The summed E-state index contributed by atoms with van der Waals surface area (Å²) in [6, 6.07) is -0.288. The van der Waals surface area contributed by atoms with Crippen LogP contribution in [-0.2, 0) is 28.5 Å². The van der Waals surface area contributed by atoms with Crippen LogP contribution in [0.15, 0.2) is 17.3 Å². The average Bonchev–Trinajstić information content (AvgIpc) is 3.00. The van der Waals surface area contributed by atoms with Gasteiger partial charge in [0, 0.05) is 23.8 Å². The van der Waals surface area contributed by atoms with Crippen molar-refractivity contribution in [2.45, 2.75) is 135 Å². The summed E-state index contributed by atoms with van der Waals surface area (Å²) < 4.78 is 31.5. The lowest BCUT2D eigenvalue weighted by atomic mass is 9.73. The molecule has 2 bridgehead atoms. The number of esters is 1. The first-order valence-electron chi connectivity index (χ1n) is 16.7. The molecule has 0 amide bonds. The molecule has 3 N–H and O–H groups in total. The van der Waals surface area contributed by atoms with Gasteiger partial charge >= 0.3 is 5.97 Å². The predicted octanol–water partition coefficient (Wildman–Crippen LogP) is 2.54. The van der Waals surface area contributed by atoms with E-state index in [2.05, 4.69) is 11.7 Å². The molecular formula is C33H57N3O11. The van der Waals surface area contributed by atoms with Crippen molar-refractivity contribution in [2.24, 2.45) is 28.8 Å². The van der Waals surface area contributed by atoms with Gasteiger partial charge in [-0.05, 0) is 66.6 Å². The maximum absolute atomic E-state index is 13.6. The maximum Gasteiger partial charge on any atom is 0.311 e. The Bertz CT molecular complexity index is 1150. The summed E-state index contributed by atoms with van der Waals surface area (Å²) in [4.78, 5) is 27.4. The quantitative estimate of drug-likeness (QED) is 0.168. The number of cyclic esters (lactones) is 1. The number of nitrogens with zero attached hydrogens (tertiary/aromatic N) is 3. The highest BCUT2D eigenvalue weighted by molar-refractivity contribution is 5.88. The van der Waals surface area contributed by atoms with Gasteiger partial charge in [-0.25, -0.2) is 10.1 Å². The van der Waals surface area contributed by atoms with Crippen LogP contribution in [-0.4, -0.2) is 124 Å². The molecule has 14 atom stereocenters. The molecule has 0 aliphatic carbocycles. The third-order valence-electron chi connectivity index (χ3n) is 10.3. The van der Waals surface area contributed by atoms with E-state index in [1.54, 1.807) is 41.5 Å². The molecule has 0 aromatic carbocycles. The summed E-state index contributed by atoms with van der Waals surface area (Å²) in [5.74, 6) is -4.07. The first kappa shape index (κ1) is 39.4. The van der Waals surface area contributed by atoms with E-state index in [9.17, 15) is 30.2 Å². The van der Waals surface area contributed by atoms with Crippen LogP contribution in [0.1, 0.15) is 74.7 Å². The summed E-state index contributed by atoms with van der Waals surface area (Å²) in [6.07, 6.45) is -6.13. The molecule has 3 saturated heterocycles. The number of hydrogen-bond acceptors (Lipinski definition) is 12. The number of hydrazone groups is 1. The van der Waals surface area contributed by atoms with Crippen molar-refractivity contribution >= 4 is 11.7 Å². The zero-order valence-corrected chi connectivity index (χ0v) is 29.6. The van der Waals surface area contributed by atoms with Crippen LogP contribution >= 0.6 is 0 Å². The van der Waals surface area contributed by atoms with Crippen molar-refractivity contribution in [1.82, 2.24) is 4.90 Å². The number of likely N-dealkylation sites (N-methyl/N-ethyl adjacent to an activating group) is 1. The number of ether oxygens (including phenoxy) is 5. The molecule has 0 aromatic heterocycles. The fourth-order valence-corrected chi connectivity index (χ4v) is 7.64. The van der Waals surface area contributed by atoms with Gasteiger partial charge < -0.3 is 43.9 Å². The highest BCUT2D eigenvalue weighted by Gasteiger charge is 2.53. The second-order valence-electron chi connectivity index (χ2n) is 14.6. The van der Waals surface area contributed by atoms with E-state index in [1.807, 2.05) is 25.9 Å². The average molecular weight is 672 g/mol. The zero-order chi connectivity index (χ0) is 35.6. The Balaban J connectivity index is 2.28. The second kappa shape index (κ2) is 15.7. The third kappa shape index (κ3) is 8.77. The van der Waals surface area contributed by atoms with E-state index in [0.29, 0.717) is 12.0 Å². The van der Waals surface area contributed by atoms with Gasteiger partial charge in [0.2, 0.25) is 0 Å². The van der Waals surface area contributed by atoms with Crippen molar-refractivity contribution in [3.05, 3.63) is 22.3 Å². The topological polar surface area (TPSA) is 183 Å². The predicted molar refractivity (Wildman–Crippen MR) is 173 cm³/mol. The number of carbonyl (C=O) groups excluding carboxylic acids is 1. The fraction of sp³-hybridized carbons (Fsp3) is 0.879. The number of carbonyl (C=O) groups is 1. The molecule has 3 rings (SSSR count). The highest BCUT2D eigenvalue weighted by atomic mass is 16.7. The van der Waals surface area contributed by atoms with Crippen molar-refractivity contribution in [3.63, 3.8) is 0 Å². The molecule has 47 heavy (non-hydrogen) atoms. The third-order valence-corrected chi connectivity index (χ3v) is 10.3. The van der Waals surface area contributed by atoms with Crippen LogP contribution in [0.3, 0.4) is 0 Å². The minimum atomic E-state index is -1.82. The minimum absolute atomic E-state index is 0.0101. The Morgan fingerprint density at radius 1 is 1.11 bits per heavy atom. The number of hydrogen-bond donors (Lipinski definition) is 3. The molecular weight excluding hydrogens is 614 g/mol. The Kier molecular flexibility index (Phi) is 13.1. The molecule has 0 aromatic rings. The van der Waals surface area contributed by atoms with Gasteiger partial charge in [0.05, 0.1) is 60.0 Å². The first-order valence-corrected chi connectivity index (χ1v) is 16.7. The summed E-state index contributed by atoms with van der Waals surface area (Å²) in [6.45, 7) is 17.6. The number of aliphatic hydroxyl groups is 3. The van der Waals surface area contributed by atoms with E-state index >= 15 is 0 Å². The maximum atomic E-state index is 13.6. The molecule has 0 unspecified atom stereocenters. The van der Waals surface area contributed by atoms with Crippen LogP contribution in [0.25, 0.3) is 0 Å². The molecule has 0 saturated carbocycles. The van der Waals surface area contributed by atoms with E-state index in [4.69, 9.17) is 23.7 Å². The standard InChI is InChI=1S/C33H57N3O11/c1-12-24-33(9,40)29-20(5)25(34-36(41)42)18(3)14-32(8,44-16-17(2)15-43-29)28(21(6)26(37)22(7)30(39)46-24)47-31-27(38)23(35(10)11)13-19(4)45-31/h18-24,26-29,31,37-38,40H,2,12-16H2,1,3-11H3/b34-25+/t18-,19-,20+,21+,22-,23+,24-,26+,27-,28-,29+,31+,32-,33-/m1/s1. The van der Waals surface area contributed by atoms with E-state index in [-0.39, 0.29) is 43.9 Å². The van der Waals surface area contributed by atoms with Gasteiger partial charge in [-0.1, -0.05) is 34.3 Å². The van der Waals surface area contributed by atoms with Crippen molar-refractivity contribution in [3.8, 4) is 0 Å². The highest BCUT2D eigenvalue weighted by Crippen LogP contribution is 2.41. The number of nitro groups is 1. The van der Waals surface area contributed by atoms with Crippen molar-refractivity contribution in [1.29, 1.82) is 0 Å². The van der Waals surface area contributed by atoms with Gasteiger partial charge in [0.15, 0.2) is 11.3 Å². The van der Waals surface area contributed by atoms with Gasteiger partial charge in [-0.15, -0.1) is 0 Å². The lowest BCUT2D eigenvalue weighted by Gasteiger charge is -2.48. The lowest BCUT2D eigenvalue weighted by Crippen LogP contribution is -2.60. The Morgan fingerprint density at radius 3 is 2.32 bits per heavy atom. The molecule has 14 heteroatoms. The van der Waals surface area contributed by atoms with Crippen LogP contribution < -0.4 is 0 Å². The normalized spacial score (nSPS) is 45.5. The molecule has 3 heterocycles. The van der Waals surface area contributed by atoms with Crippen molar-refractivity contribution in [2.75, 3.05) is 27.3 Å². The monoisotopic (exact) mass is 671 g/mol. The summed E-state index contributed by atoms with van der Waals surface area (Å²) in [5, 5.41) is 50.1. The lowest BCUT2D eigenvalue weighted by molar-refractivity contribution is -0.485. The van der Waals surface area contributed by atoms with Crippen LogP contribution in [0.4, 0.5) is 0 Å². The molecule has 0 spiro atoms. The summed E-state index contributed by atoms with van der Waals surface area (Å²) in [7, 11) is 3.72. The Morgan fingerprint density at radius 2 is 1.74 bits per heavy atom. The largest absolute Gasteiger partial charge is 0.459 e. The summed E-state index contributed by atoms with van der Waals surface area (Å²) in [5.41, 5.74) is -2.47. The fourth-order valence-electron chi connectivity index (χ4n) is 7.64. The van der Waals surface area contributed by atoms with Crippen LogP contribution in [0.5, 0.6) is 0 Å². The number of rotatable bonds is 5. The molecule has 270 valence electrons. The van der Waals surface area contributed by atoms with E-state index in [0.717, 1.165) is 0 Å². The second-order valence-corrected chi connectivity index (χ2v) is 14.6. The number of aliphatic hydroxyl groups excluding tert-OH is 2. The van der Waals surface area contributed by atoms with E-state index < -0.39 is 82.7 Å². The van der Waals surface area contributed by atoms with Crippen LogP contribution in [0.2, 0.25) is 0 Å². The number of fused-ring (bicyclic) bond motifs is 5. The Hall–Kier alpha value is -2.04.